The summed E-state index contributed by atoms with van der Waals surface area (Å²) in [7, 11) is 1.85. The number of benzene rings is 1. The highest BCUT2D eigenvalue weighted by molar-refractivity contribution is 5.39. The summed E-state index contributed by atoms with van der Waals surface area (Å²) in [4.78, 5) is 8.83. The molecule has 0 saturated carbocycles. The van der Waals surface area contributed by atoms with Crippen molar-refractivity contribution in [1.29, 1.82) is 0 Å². The van der Waals surface area contributed by atoms with Crippen molar-refractivity contribution in [2.75, 3.05) is 12.4 Å². The van der Waals surface area contributed by atoms with E-state index in [9.17, 15) is 0 Å². The van der Waals surface area contributed by atoms with Crippen LogP contribution < -0.4 is 10.1 Å². The molecule has 0 unspecified atom stereocenters. The van der Waals surface area contributed by atoms with Crippen molar-refractivity contribution in [3.63, 3.8) is 0 Å². The first-order valence-corrected chi connectivity index (χ1v) is 7.25. The molecule has 4 heteroatoms. The van der Waals surface area contributed by atoms with Crippen LogP contribution >= 0.6 is 0 Å². The number of nitrogens with zero attached hydrogens (tertiary/aromatic N) is 2. The molecule has 1 heterocycles. The Bertz CT molecular complexity index is 623. The summed E-state index contributed by atoms with van der Waals surface area (Å²) < 4.78 is 5.97. The highest BCUT2D eigenvalue weighted by Gasteiger charge is 2.09. The minimum Gasteiger partial charge on any atom is -0.485 e. The van der Waals surface area contributed by atoms with E-state index in [1.807, 2.05) is 20.0 Å². The summed E-state index contributed by atoms with van der Waals surface area (Å²) in [5.41, 5.74) is 3.33. The number of nitrogens with one attached hydrogen (secondary N) is 1. The third kappa shape index (κ3) is 3.94. The van der Waals surface area contributed by atoms with E-state index in [2.05, 4.69) is 54.3 Å². The average Bonchev–Trinajstić information content (AvgIpc) is 2.44. The highest BCUT2D eigenvalue weighted by atomic mass is 16.5. The topological polar surface area (TPSA) is 47.0 Å². The first kappa shape index (κ1) is 15.3. The van der Waals surface area contributed by atoms with Gasteiger partial charge < -0.3 is 10.1 Å². The van der Waals surface area contributed by atoms with E-state index in [0.717, 1.165) is 17.3 Å². The molecular formula is C17H23N3O. The second kappa shape index (κ2) is 6.57. The molecule has 0 bridgehead atoms. The minimum absolute atomic E-state index is 0.375. The molecule has 2 rings (SSSR count). The molecule has 21 heavy (non-hydrogen) atoms. The molecule has 0 atom stereocenters. The van der Waals surface area contributed by atoms with Crippen molar-refractivity contribution >= 4 is 5.82 Å². The maximum Gasteiger partial charge on any atom is 0.168 e. The Balaban J connectivity index is 2.20. The second-order valence-electron chi connectivity index (χ2n) is 5.55. The zero-order valence-electron chi connectivity index (χ0n) is 13.4. The summed E-state index contributed by atoms with van der Waals surface area (Å²) in [5, 5.41) is 3.04. The molecule has 0 spiro atoms. The zero-order chi connectivity index (χ0) is 15.4. The standard InChI is InChI=1S/C17H23N3O/c1-11(2)14-7-6-12(3)8-15(14)21-10-17-19-13(4)9-16(18-5)20-17/h6-9,11H,10H2,1-5H3,(H,18,19,20). The van der Waals surface area contributed by atoms with Crippen LogP contribution in [0.1, 0.15) is 42.4 Å². The van der Waals surface area contributed by atoms with Crippen molar-refractivity contribution in [2.45, 2.75) is 40.2 Å². The van der Waals surface area contributed by atoms with Crippen LogP contribution in [-0.4, -0.2) is 17.0 Å². The van der Waals surface area contributed by atoms with Gasteiger partial charge in [0.1, 0.15) is 18.2 Å². The number of ether oxygens (including phenoxy) is 1. The maximum absolute atomic E-state index is 5.97. The lowest BCUT2D eigenvalue weighted by Crippen LogP contribution is -2.07. The first-order valence-electron chi connectivity index (χ1n) is 7.25. The highest BCUT2D eigenvalue weighted by Crippen LogP contribution is 2.28. The fourth-order valence-corrected chi connectivity index (χ4v) is 2.21. The number of aromatic nitrogens is 2. The fourth-order valence-electron chi connectivity index (χ4n) is 2.21. The third-order valence-corrected chi connectivity index (χ3v) is 3.30. The van der Waals surface area contributed by atoms with Gasteiger partial charge in [0, 0.05) is 18.8 Å². The lowest BCUT2D eigenvalue weighted by atomic mass is 10.0. The van der Waals surface area contributed by atoms with Gasteiger partial charge in [0.05, 0.1) is 0 Å². The van der Waals surface area contributed by atoms with E-state index >= 15 is 0 Å². The lowest BCUT2D eigenvalue weighted by Gasteiger charge is -2.15. The molecule has 0 aliphatic heterocycles. The smallest absolute Gasteiger partial charge is 0.168 e. The average molecular weight is 285 g/mol. The second-order valence-corrected chi connectivity index (χ2v) is 5.55. The van der Waals surface area contributed by atoms with E-state index in [1.165, 1.54) is 11.1 Å². The van der Waals surface area contributed by atoms with Crippen LogP contribution in [0, 0.1) is 13.8 Å². The van der Waals surface area contributed by atoms with Gasteiger partial charge in [-0.05, 0) is 37.0 Å². The molecule has 1 N–H and O–H groups in total. The van der Waals surface area contributed by atoms with Crippen LogP contribution in [0.4, 0.5) is 5.82 Å². The molecule has 0 aliphatic rings. The van der Waals surface area contributed by atoms with Gasteiger partial charge in [0.15, 0.2) is 5.82 Å². The van der Waals surface area contributed by atoms with E-state index in [1.54, 1.807) is 0 Å². The monoisotopic (exact) mass is 285 g/mol. The molecule has 1 aromatic heterocycles. The van der Waals surface area contributed by atoms with Gasteiger partial charge >= 0.3 is 0 Å². The van der Waals surface area contributed by atoms with Crippen molar-refractivity contribution in [3.05, 3.63) is 46.9 Å². The molecule has 0 amide bonds. The number of hydrogen-bond donors (Lipinski definition) is 1. The van der Waals surface area contributed by atoms with Crippen molar-refractivity contribution < 1.29 is 4.74 Å². The molecule has 4 nitrogen and oxygen atoms in total. The molecule has 0 fully saturated rings. The van der Waals surface area contributed by atoms with Gasteiger partial charge in [0.25, 0.3) is 0 Å². The molecule has 1 aromatic carbocycles. The van der Waals surface area contributed by atoms with Gasteiger partial charge in [0.2, 0.25) is 0 Å². The van der Waals surface area contributed by atoms with E-state index in [0.29, 0.717) is 18.3 Å². The summed E-state index contributed by atoms with van der Waals surface area (Å²) in [5.74, 6) is 2.85. The summed E-state index contributed by atoms with van der Waals surface area (Å²) in [6, 6.07) is 8.23. The summed E-state index contributed by atoms with van der Waals surface area (Å²) in [6.07, 6.45) is 0. The van der Waals surface area contributed by atoms with Gasteiger partial charge in [-0.2, -0.15) is 0 Å². The quantitative estimate of drug-likeness (QED) is 0.906. The number of aryl methyl sites for hydroxylation is 2. The van der Waals surface area contributed by atoms with E-state index in [-0.39, 0.29) is 0 Å². The fraction of sp³-hybridized carbons (Fsp3) is 0.412. The molecule has 0 aliphatic carbocycles. The van der Waals surface area contributed by atoms with Gasteiger partial charge in [-0.3, -0.25) is 0 Å². The SMILES string of the molecule is CNc1cc(C)nc(COc2cc(C)ccc2C(C)C)n1. The maximum atomic E-state index is 5.97. The Morgan fingerprint density at radius 1 is 1.14 bits per heavy atom. The number of rotatable bonds is 5. The van der Waals surface area contributed by atoms with Crippen LogP contribution in [0.25, 0.3) is 0 Å². The minimum atomic E-state index is 0.375. The Kier molecular flexibility index (Phi) is 4.78. The van der Waals surface area contributed by atoms with Crippen molar-refractivity contribution in [2.24, 2.45) is 0 Å². The molecule has 112 valence electrons. The van der Waals surface area contributed by atoms with Gasteiger partial charge in [-0.1, -0.05) is 26.0 Å². The predicted molar refractivity (Wildman–Crippen MR) is 85.9 cm³/mol. The molecule has 0 saturated heterocycles. The van der Waals surface area contributed by atoms with Crippen molar-refractivity contribution in [1.82, 2.24) is 9.97 Å². The Hall–Kier alpha value is -2.10. The third-order valence-electron chi connectivity index (χ3n) is 3.30. The van der Waals surface area contributed by atoms with Gasteiger partial charge in [-0.25, -0.2) is 9.97 Å². The molecular weight excluding hydrogens is 262 g/mol. The first-order chi connectivity index (χ1) is 9.99. The molecule has 2 aromatic rings. The zero-order valence-corrected chi connectivity index (χ0v) is 13.4. The lowest BCUT2D eigenvalue weighted by molar-refractivity contribution is 0.291. The van der Waals surface area contributed by atoms with Crippen LogP contribution in [0.3, 0.4) is 0 Å². The number of hydrogen-bond acceptors (Lipinski definition) is 4. The van der Waals surface area contributed by atoms with Crippen molar-refractivity contribution in [3.8, 4) is 5.75 Å². The van der Waals surface area contributed by atoms with E-state index in [4.69, 9.17) is 4.74 Å². The Labute approximate surface area is 126 Å². The van der Waals surface area contributed by atoms with E-state index < -0.39 is 0 Å². The van der Waals surface area contributed by atoms with Gasteiger partial charge in [-0.15, -0.1) is 0 Å². The summed E-state index contributed by atoms with van der Waals surface area (Å²) in [6.45, 7) is 8.73. The Morgan fingerprint density at radius 3 is 2.57 bits per heavy atom. The number of anilines is 1. The normalized spacial score (nSPS) is 10.8. The molecule has 0 radical (unpaired) electrons. The van der Waals surface area contributed by atoms with Crippen LogP contribution in [-0.2, 0) is 6.61 Å². The largest absolute Gasteiger partial charge is 0.485 e. The predicted octanol–water partition coefficient (Wildman–Crippen LogP) is 3.84. The summed E-state index contributed by atoms with van der Waals surface area (Å²) >= 11 is 0. The Morgan fingerprint density at radius 2 is 1.90 bits per heavy atom. The van der Waals surface area contributed by atoms with Crippen LogP contribution in [0.15, 0.2) is 24.3 Å². The van der Waals surface area contributed by atoms with Crippen LogP contribution in [0.5, 0.6) is 5.75 Å². The van der Waals surface area contributed by atoms with Crippen LogP contribution in [0.2, 0.25) is 0 Å².